The molecule has 0 amide bonds. The molecule has 2 N–H and O–H groups in total. The summed E-state index contributed by atoms with van der Waals surface area (Å²) in [5.74, 6) is 0.352. The second-order valence-electron chi connectivity index (χ2n) is 4.41. The van der Waals surface area contributed by atoms with Crippen LogP contribution in [0.5, 0.6) is 0 Å². The van der Waals surface area contributed by atoms with Crippen molar-refractivity contribution in [3.8, 4) is 0 Å². The van der Waals surface area contributed by atoms with Gasteiger partial charge in [-0.05, 0) is 42.0 Å². The number of rotatable bonds is 4. The standard InChI is InChI=1S/C13H18FNO/c1-16-8-11-5-10(7-15)12(6-13(11)14)9-3-2-4-9/h5-6,9H,2-4,7-8,15H2,1H3. The van der Waals surface area contributed by atoms with E-state index in [1.807, 2.05) is 6.07 Å². The van der Waals surface area contributed by atoms with Crippen LogP contribution < -0.4 is 5.73 Å². The number of benzene rings is 1. The van der Waals surface area contributed by atoms with Gasteiger partial charge in [0.2, 0.25) is 0 Å². The maximum absolute atomic E-state index is 13.8. The molecule has 1 fully saturated rings. The molecule has 0 spiro atoms. The van der Waals surface area contributed by atoms with Crippen molar-refractivity contribution in [2.75, 3.05) is 7.11 Å². The molecule has 0 aliphatic heterocycles. The van der Waals surface area contributed by atoms with Crippen molar-refractivity contribution in [3.63, 3.8) is 0 Å². The van der Waals surface area contributed by atoms with Crippen LogP contribution in [-0.4, -0.2) is 7.11 Å². The average Bonchev–Trinajstić information content (AvgIpc) is 2.19. The molecule has 0 atom stereocenters. The molecule has 1 aliphatic carbocycles. The van der Waals surface area contributed by atoms with E-state index >= 15 is 0 Å². The van der Waals surface area contributed by atoms with Gasteiger partial charge in [-0.15, -0.1) is 0 Å². The van der Waals surface area contributed by atoms with E-state index in [1.165, 1.54) is 6.42 Å². The second kappa shape index (κ2) is 4.93. The second-order valence-corrected chi connectivity index (χ2v) is 4.41. The Bertz CT molecular complexity index is 374. The monoisotopic (exact) mass is 223 g/mol. The lowest BCUT2D eigenvalue weighted by Crippen LogP contribution is -2.14. The smallest absolute Gasteiger partial charge is 0.129 e. The Labute approximate surface area is 95.6 Å². The lowest BCUT2D eigenvalue weighted by molar-refractivity contribution is 0.181. The summed E-state index contributed by atoms with van der Waals surface area (Å²) in [6.45, 7) is 0.784. The molecular weight excluding hydrogens is 205 g/mol. The fourth-order valence-electron chi connectivity index (χ4n) is 2.23. The first-order valence-electron chi connectivity index (χ1n) is 5.76. The first kappa shape index (κ1) is 11.6. The molecule has 2 rings (SSSR count). The summed E-state index contributed by atoms with van der Waals surface area (Å²) in [7, 11) is 1.57. The lowest BCUT2D eigenvalue weighted by Gasteiger charge is -2.28. The number of hydrogen-bond donors (Lipinski definition) is 1. The summed E-state index contributed by atoms with van der Waals surface area (Å²) in [6.07, 6.45) is 3.57. The molecule has 0 aromatic heterocycles. The van der Waals surface area contributed by atoms with Crippen LogP contribution in [0.4, 0.5) is 4.39 Å². The van der Waals surface area contributed by atoms with E-state index in [0.29, 0.717) is 24.6 Å². The Hall–Kier alpha value is -0.930. The first-order valence-corrected chi connectivity index (χ1v) is 5.76. The van der Waals surface area contributed by atoms with E-state index in [-0.39, 0.29) is 5.82 Å². The van der Waals surface area contributed by atoms with Gasteiger partial charge in [-0.25, -0.2) is 4.39 Å². The molecule has 0 radical (unpaired) electrons. The quantitative estimate of drug-likeness (QED) is 0.851. The predicted octanol–water partition coefficient (Wildman–Crippen LogP) is 2.70. The maximum Gasteiger partial charge on any atom is 0.129 e. The molecule has 2 nitrogen and oxygen atoms in total. The van der Waals surface area contributed by atoms with E-state index in [4.69, 9.17) is 10.5 Å². The molecule has 1 saturated carbocycles. The minimum Gasteiger partial charge on any atom is -0.380 e. The van der Waals surface area contributed by atoms with Gasteiger partial charge in [-0.1, -0.05) is 6.42 Å². The summed E-state index contributed by atoms with van der Waals surface area (Å²) in [6, 6.07) is 3.51. The Morgan fingerprint density at radius 1 is 1.38 bits per heavy atom. The van der Waals surface area contributed by atoms with Gasteiger partial charge in [0.25, 0.3) is 0 Å². The van der Waals surface area contributed by atoms with Gasteiger partial charge in [0.1, 0.15) is 5.82 Å². The maximum atomic E-state index is 13.8. The van der Waals surface area contributed by atoms with Crippen LogP contribution in [0.1, 0.15) is 41.9 Å². The number of ether oxygens (including phenoxy) is 1. The summed E-state index contributed by atoms with van der Waals surface area (Å²) in [5.41, 5.74) is 8.49. The third-order valence-corrected chi connectivity index (χ3v) is 3.37. The Morgan fingerprint density at radius 3 is 2.62 bits per heavy atom. The van der Waals surface area contributed by atoms with Crippen molar-refractivity contribution in [1.29, 1.82) is 0 Å². The van der Waals surface area contributed by atoms with E-state index < -0.39 is 0 Å². The summed E-state index contributed by atoms with van der Waals surface area (Å²) >= 11 is 0. The molecule has 0 saturated heterocycles. The molecule has 1 aromatic carbocycles. The number of methoxy groups -OCH3 is 1. The summed E-state index contributed by atoms with van der Waals surface area (Å²) in [4.78, 5) is 0. The van der Waals surface area contributed by atoms with Crippen LogP contribution in [0.15, 0.2) is 12.1 Å². The fraction of sp³-hybridized carbons (Fsp3) is 0.538. The van der Waals surface area contributed by atoms with E-state index in [1.54, 1.807) is 13.2 Å². The lowest BCUT2D eigenvalue weighted by atomic mass is 9.78. The summed E-state index contributed by atoms with van der Waals surface area (Å²) in [5, 5.41) is 0. The molecular formula is C13H18FNO. The molecule has 1 aliphatic rings. The van der Waals surface area contributed by atoms with Crippen LogP contribution >= 0.6 is 0 Å². The first-order chi connectivity index (χ1) is 7.76. The van der Waals surface area contributed by atoms with Gasteiger partial charge >= 0.3 is 0 Å². The van der Waals surface area contributed by atoms with Crippen molar-refractivity contribution < 1.29 is 9.13 Å². The highest BCUT2D eigenvalue weighted by Crippen LogP contribution is 2.38. The topological polar surface area (TPSA) is 35.2 Å². The minimum atomic E-state index is -0.166. The molecule has 0 heterocycles. The normalized spacial score (nSPS) is 16.2. The van der Waals surface area contributed by atoms with Crippen LogP contribution in [0, 0.1) is 5.82 Å². The van der Waals surface area contributed by atoms with Crippen LogP contribution in [0.2, 0.25) is 0 Å². The number of hydrogen-bond acceptors (Lipinski definition) is 2. The van der Waals surface area contributed by atoms with Gasteiger partial charge in [-0.3, -0.25) is 0 Å². The predicted molar refractivity (Wildman–Crippen MR) is 61.6 cm³/mol. The highest BCUT2D eigenvalue weighted by atomic mass is 19.1. The highest BCUT2D eigenvalue weighted by molar-refractivity contribution is 5.36. The zero-order valence-electron chi connectivity index (χ0n) is 9.63. The van der Waals surface area contributed by atoms with Gasteiger partial charge in [0, 0.05) is 19.2 Å². The van der Waals surface area contributed by atoms with Crippen LogP contribution in [0.3, 0.4) is 0 Å². The molecule has 3 heteroatoms. The number of nitrogens with two attached hydrogens (primary N) is 1. The van der Waals surface area contributed by atoms with Crippen molar-refractivity contribution in [2.24, 2.45) is 5.73 Å². The van der Waals surface area contributed by atoms with Crippen molar-refractivity contribution in [3.05, 3.63) is 34.6 Å². The van der Waals surface area contributed by atoms with Gasteiger partial charge in [0.15, 0.2) is 0 Å². The molecule has 88 valence electrons. The zero-order chi connectivity index (χ0) is 11.5. The van der Waals surface area contributed by atoms with Crippen LogP contribution in [0.25, 0.3) is 0 Å². The zero-order valence-corrected chi connectivity index (χ0v) is 9.63. The van der Waals surface area contributed by atoms with Crippen molar-refractivity contribution in [1.82, 2.24) is 0 Å². The molecule has 0 unspecified atom stereocenters. The molecule has 1 aromatic rings. The van der Waals surface area contributed by atoms with E-state index in [9.17, 15) is 4.39 Å². The van der Waals surface area contributed by atoms with E-state index in [0.717, 1.165) is 24.0 Å². The number of halogens is 1. The van der Waals surface area contributed by atoms with Crippen LogP contribution in [-0.2, 0) is 17.9 Å². The van der Waals surface area contributed by atoms with Crippen molar-refractivity contribution in [2.45, 2.75) is 38.3 Å². The van der Waals surface area contributed by atoms with Gasteiger partial charge < -0.3 is 10.5 Å². The Morgan fingerprint density at radius 2 is 2.12 bits per heavy atom. The van der Waals surface area contributed by atoms with Crippen molar-refractivity contribution >= 4 is 0 Å². The highest BCUT2D eigenvalue weighted by Gasteiger charge is 2.23. The average molecular weight is 223 g/mol. The third-order valence-electron chi connectivity index (χ3n) is 3.37. The molecule has 16 heavy (non-hydrogen) atoms. The molecule has 0 bridgehead atoms. The Kier molecular flexibility index (Phi) is 3.56. The SMILES string of the molecule is COCc1cc(CN)c(C2CCC2)cc1F. The largest absolute Gasteiger partial charge is 0.380 e. The fourth-order valence-corrected chi connectivity index (χ4v) is 2.23. The van der Waals surface area contributed by atoms with E-state index in [2.05, 4.69) is 0 Å². The van der Waals surface area contributed by atoms with Gasteiger partial charge in [0.05, 0.1) is 6.61 Å². The summed E-state index contributed by atoms with van der Waals surface area (Å²) < 4.78 is 18.7. The third kappa shape index (κ3) is 2.11. The Balaban J connectivity index is 2.33. The minimum absolute atomic E-state index is 0.166. The van der Waals surface area contributed by atoms with Gasteiger partial charge in [-0.2, -0.15) is 0 Å².